The van der Waals surface area contributed by atoms with Crippen LogP contribution in [0.1, 0.15) is 23.9 Å². The van der Waals surface area contributed by atoms with Crippen LogP contribution in [0.2, 0.25) is 0 Å². The number of nitrogens with one attached hydrogen (secondary N) is 1. The lowest BCUT2D eigenvalue weighted by Crippen LogP contribution is -2.25. The van der Waals surface area contributed by atoms with E-state index in [0.29, 0.717) is 12.1 Å². The Hall–Kier alpha value is -1.24. The van der Waals surface area contributed by atoms with Gasteiger partial charge in [-0.05, 0) is 18.6 Å². The Kier molecular flexibility index (Phi) is 4.37. The van der Waals surface area contributed by atoms with Crippen molar-refractivity contribution in [2.24, 2.45) is 0 Å². The van der Waals surface area contributed by atoms with Crippen molar-refractivity contribution in [3.63, 3.8) is 0 Å². The van der Waals surface area contributed by atoms with Crippen LogP contribution in [0.3, 0.4) is 0 Å². The van der Waals surface area contributed by atoms with E-state index in [-0.39, 0.29) is 18.0 Å². The quantitative estimate of drug-likeness (QED) is 0.916. The van der Waals surface area contributed by atoms with Crippen LogP contribution in [0.25, 0.3) is 0 Å². The number of H-pyrrole nitrogens is 1. The summed E-state index contributed by atoms with van der Waals surface area (Å²) >= 11 is 3.28. The monoisotopic (exact) mass is 353 g/mol. The van der Waals surface area contributed by atoms with E-state index in [1.165, 1.54) is 6.07 Å². The van der Waals surface area contributed by atoms with Crippen molar-refractivity contribution in [3.05, 3.63) is 52.3 Å². The summed E-state index contributed by atoms with van der Waals surface area (Å²) in [6.07, 6.45) is 4.57. The number of aromatic nitrogens is 2. The van der Waals surface area contributed by atoms with Crippen molar-refractivity contribution in [3.8, 4) is 0 Å². The second-order valence-electron chi connectivity index (χ2n) is 5.25. The van der Waals surface area contributed by atoms with Gasteiger partial charge in [-0.15, -0.1) is 0 Å². The van der Waals surface area contributed by atoms with E-state index in [4.69, 9.17) is 4.74 Å². The largest absolute Gasteiger partial charge is 0.380 e. The molecule has 1 fully saturated rings. The van der Waals surface area contributed by atoms with Gasteiger partial charge in [-0.25, -0.2) is 9.37 Å². The van der Waals surface area contributed by atoms with Gasteiger partial charge in [0.15, 0.2) is 0 Å². The van der Waals surface area contributed by atoms with Crippen LogP contribution in [0, 0.1) is 5.82 Å². The van der Waals surface area contributed by atoms with Crippen LogP contribution in [-0.2, 0) is 11.3 Å². The molecule has 0 aliphatic carbocycles. The van der Waals surface area contributed by atoms with Crippen molar-refractivity contribution in [1.29, 1.82) is 0 Å². The number of ether oxygens (including phenoxy) is 1. The Morgan fingerprint density at radius 1 is 1.52 bits per heavy atom. The van der Waals surface area contributed by atoms with Gasteiger partial charge in [-0.2, -0.15) is 0 Å². The minimum atomic E-state index is -0.191. The summed E-state index contributed by atoms with van der Waals surface area (Å²) in [5.41, 5.74) is 0.687. The minimum absolute atomic E-state index is 0.132. The molecular weight excluding hydrogens is 337 g/mol. The topological polar surface area (TPSA) is 41.1 Å². The van der Waals surface area contributed by atoms with Gasteiger partial charge in [-0.3, -0.25) is 4.90 Å². The predicted molar refractivity (Wildman–Crippen MR) is 81.3 cm³/mol. The number of nitrogens with zero attached hydrogens (tertiary/aromatic N) is 2. The number of rotatable bonds is 4. The summed E-state index contributed by atoms with van der Waals surface area (Å²) in [4.78, 5) is 9.70. The van der Waals surface area contributed by atoms with Crippen molar-refractivity contribution in [1.82, 2.24) is 14.9 Å². The lowest BCUT2D eigenvalue weighted by Gasteiger charge is -2.22. The molecule has 3 rings (SSSR count). The maximum Gasteiger partial charge on any atom is 0.128 e. The first-order valence-corrected chi connectivity index (χ1v) is 7.66. The highest BCUT2D eigenvalue weighted by Crippen LogP contribution is 2.33. The zero-order chi connectivity index (χ0) is 14.8. The van der Waals surface area contributed by atoms with Crippen LogP contribution < -0.4 is 0 Å². The molecule has 1 aliphatic rings. The second-order valence-corrected chi connectivity index (χ2v) is 6.16. The fraction of sp³-hybridized carbons (Fsp3) is 0.400. The van der Waals surface area contributed by atoms with Gasteiger partial charge in [0.2, 0.25) is 0 Å². The Morgan fingerprint density at radius 2 is 2.38 bits per heavy atom. The number of benzene rings is 1. The van der Waals surface area contributed by atoms with Crippen molar-refractivity contribution >= 4 is 15.9 Å². The molecule has 2 atom stereocenters. The Bertz CT molecular complexity index is 605. The number of aromatic amines is 1. The maximum atomic E-state index is 14.0. The normalized spacial score (nSPS) is 22.8. The zero-order valence-electron chi connectivity index (χ0n) is 11.7. The van der Waals surface area contributed by atoms with Crippen LogP contribution in [-0.4, -0.2) is 34.6 Å². The standard InChI is InChI=1S/C15H17BrFN3O/c1-21-12-7-14(15-18-4-5-19-15)20(9-12)8-10-2-3-11(16)6-13(10)17/h2-6,12,14H,7-9H2,1H3,(H,18,19)/t12-,14?/m1/s1. The predicted octanol–water partition coefficient (Wildman–Crippen LogP) is 3.27. The van der Waals surface area contributed by atoms with Gasteiger partial charge in [0.25, 0.3) is 0 Å². The van der Waals surface area contributed by atoms with Gasteiger partial charge in [0, 0.05) is 42.6 Å². The van der Waals surface area contributed by atoms with Gasteiger partial charge >= 0.3 is 0 Å². The first kappa shape index (κ1) is 14.7. The van der Waals surface area contributed by atoms with E-state index in [1.54, 1.807) is 13.3 Å². The highest BCUT2D eigenvalue weighted by molar-refractivity contribution is 9.10. The summed E-state index contributed by atoms with van der Waals surface area (Å²) in [6, 6.07) is 5.32. The fourth-order valence-electron chi connectivity index (χ4n) is 2.82. The number of hydrogen-bond donors (Lipinski definition) is 1. The molecular formula is C15H17BrFN3O. The SMILES string of the molecule is CO[C@@H]1CC(c2ncc[nH]2)N(Cc2ccc(Br)cc2F)C1. The zero-order valence-corrected chi connectivity index (χ0v) is 13.3. The van der Waals surface area contributed by atoms with Crippen LogP contribution in [0.5, 0.6) is 0 Å². The summed E-state index contributed by atoms with van der Waals surface area (Å²) < 4.78 is 20.3. The summed E-state index contributed by atoms with van der Waals surface area (Å²) in [5.74, 6) is 0.718. The van der Waals surface area contributed by atoms with E-state index in [9.17, 15) is 4.39 Å². The van der Waals surface area contributed by atoms with Crippen molar-refractivity contribution in [2.75, 3.05) is 13.7 Å². The molecule has 1 N–H and O–H groups in total. The summed E-state index contributed by atoms with van der Waals surface area (Å²) in [6.45, 7) is 1.32. The molecule has 0 bridgehead atoms. The molecule has 2 aromatic rings. The molecule has 1 aromatic carbocycles. The second kappa shape index (κ2) is 6.25. The first-order valence-electron chi connectivity index (χ1n) is 6.87. The summed E-state index contributed by atoms with van der Waals surface area (Å²) in [5, 5.41) is 0. The van der Waals surface area contributed by atoms with Crippen molar-refractivity contribution < 1.29 is 9.13 Å². The van der Waals surface area contributed by atoms with E-state index < -0.39 is 0 Å². The van der Waals surface area contributed by atoms with E-state index in [2.05, 4.69) is 30.8 Å². The lowest BCUT2D eigenvalue weighted by molar-refractivity contribution is 0.107. The molecule has 6 heteroatoms. The van der Waals surface area contributed by atoms with Gasteiger partial charge in [0.1, 0.15) is 11.6 Å². The third-order valence-electron chi connectivity index (χ3n) is 3.92. The molecule has 0 spiro atoms. The molecule has 21 heavy (non-hydrogen) atoms. The molecule has 0 saturated carbocycles. The smallest absolute Gasteiger partial charge is 0.128 e. The highest BCUT2D eigenvalue weighted by atomic mass is 79.9. The Balaban J connectivity index is 1.81. The number of imidazole rings is 1. The molecule has 112 valence electrons. The Morgan fingerprint density at radius 3 is 3.05 bits per heavy atom. The van der Waals surface area contributed by atoms with Gasteiger partial charge in [-0.1, -0.05) is 22.0 Å². The third kappa shape index (κ3) is 3.17. The number of likely N-dealkylation sites (tertiary alicyclic amines) is 1. The highest BCUT2D eigenvalue weighted by Gasteiger charge is 2.34. The van der Waals surface area contributed by atoms with Crippen LogP contribution >= 0.6 is 15.9 Å². The summed E-state index contributed by atoms with van der Waals surface area (Å²) in [7, 11) is 1.72. The third-order valence-corrected chi connectivity index (χ3v) is 4.42. The molecule has 2 heterocycles. The van der Waals surface area contributed by atoms with E-state index in [1.807, 2.05) is 18.3 Å². The molecule has 1 unspecified atom stereocenters. The number of hydrogen-bond acceptors (Lipinski definition) is 3. The molecule has 4 nitrogen and oxygen atoms in total. The molecule has 0 radical (unpaired) electrons. The first-order chi connectivity index (χ1) is 10.2. The average Bonchev–Trinajstić information content (AvgIpc) is 3.10. The molecule has 0 amide bonds. The van der Waals surface area contributed by atoms with Crippen LogP contribution in [0.15, 0.2) is 35.1 Å². The van der Waals surface area contributed by atoms with Gasteiger partial charge < -0.3 is 9.72 Å². The molecule has 1 aliphatic heterocycles. The number of halogens is 2. The van der Waals surface area contributed by atoms with Gasteiger partial charge in [0.05, 0.1) is 12.1 Å². The Labute approximate surface area is 131 Å². The molecule has 1 saturated heterocycles. The minimum Gasteiger partial charge on any atom is -0.380 e. The lowest BCUT2D eigenvalue weighted by atomic mass is 10.1. The average molecular weight is 354 g/mol. The number of methoxy groups -OCH3 is 1. The van der Waals surface area contributed by atoms with Crippen molar-refractivity contribution in [2.45, 2.75) is 25.1 Å². The maximum absolute atomic E-state index is 14.0. The van der Waals surface area contributed by atoms with E-state index >= 15 is 0 Å². The fourth-order valence-corrected chi connectivity index (χ4v) is 3.15. The van der Waals surface area contributed by atoms with Crippen LogP contribution in [0.4, 0.5) is 4.39 Å². The molecule has 1 aromatic heterocycles. The van der Waals surface area contributed by atoms with E-state index in [0.717, 1.165) is 23.3 Å².